The molecule has 0 fully saturated rings. The maximum atomic E-state index is 9.02. The molecule has 0 saturated carbocycles. The molecule has 1 N–H and O–H groups in total. The van der Waals surface area contributed by atoms with Gasteiger partial charge in [0.15, 0.2) is 5.69 Å². The zero-order valence-corrected chi connectivity index (χ0v) is 15.0. The molecule has 6 heteroatoms. The Morgan fingerprint density at radius 1 is 1.16 bits per heavy atom. The minimum absolute atomic E-state index is 0.0368. The number of halogens is 1. The Morgan fingerprint density at radius 2 is 1.88 bits per heavy atom. The summed E-state index contributed by atoms with van der Waals surface area (Å²) in [7, 11) is 0. The van der Waals surface area contributed by atoms with E-state index in [0.717, 1.165) is 22.6 Å². The Morgan fingerprint density at radius 3 is 2.48 bits per heavy atom. The van der Waals surface area contributed by atoms with Crippen molar-refractivity contribution >= 4 is 17.4 Å². The number of benzene rings is 1. The summed E-state index contributed by atoms with van der Waals surface area (Å²) in [5.74, 6) is 0.621. The van der Waals surface area contributed by atoms with Crippen LogP contribution >= 0.6 is 11.6 Å². The van der Waals surface area contributed by atoms with Crippen molar-refractivity contribution in [3.8, 4) is 11.8 Å². The van der Waals surface area contributed by atoms with Gasteiger partial charge < -0.3 is 5.32 Å². The first-order valence-corrected chi connectivity index (χ1v) is 8.32. The second-order valence-corrected chi connectivity index (χ2v) is 6.34. The normalized spacial score (nSPS) is 11.8. The molecule has 1 atom stereocenters. The zero-order valence-electron chi connectivity index (χ0n) is 14.3. The predicted octanol–water partition coefficient (Wildman–Crippen LogP) is 4.58. The van der Waals surface area contributed by atoms with Crippen molar-refractivity contribution in [2.75, 3.05) is 5.32 Å². The number of rotatable bonds is 4. The van der Waals surface area contributed by atoms with Gasteiger partial charge in [0.25, 0.3) is 0 Å². The van der Waals surface area contributed by atoms with Crippen LogP contribution < -0.4 is 5.32 Å². The Bertz CT molecular complexity index is 937. The van der Waals surface area contributed by atoms with E-state index in [1.165, 1.54) is 0 Å². The lowest BCUT2D eigenvalue weighted by atomic mass is 10.1. The monoisotopic (exact) mass is 351 g/mol. The highest BCUT2D eigenvalue weighted by molar-refractivity contribution is 6.31. The lowest BCUT2D eigenvalue weighted by molar-refractivity contribution is 0.827. The largest absolute Gasteiger partial charge is 0.364 e. The molecule has 0 radical (unpaired) electrons. The van der Waals surface area contributed by atoms with Crippen LogP contribution in [0, 0.1) is 25.2 Å². The summed E-state index contributed by atoms with van der Waals surface area (Å²) in [6.07, 6.45) is 0. The van der Waals surface area contributed by atoms with Crippen LogP contribution in [0.25, 0.3) is 5.69 Å². The van der Waals surface area contributed by atoms with Gasteiger partial charge in [0, 0.05) is 11.7 Å². The third-order valence-electron chi connectivity index (χ3n) is 3.96. The number of hydrogen-bond acceptors (Lipinski definition) is 4. The molecule has 0 bridgehead atoms. The summed E-state index contributed by atoms with van der Waals surface area (Å²) in [4.78, 5) is 4.22. The molecule has 0 aliphatic heterocycles. The van der Waals surface area contributed by atoms with Crippen molar-refractivity contribution in [2.45, 2.75) is 26.8 Å². The molecule has 0 spiro atoms. The summed E-state index contributed by atoms with van der Waals surface area (Å²) in [6, 6.07) is 15.7. The highest BCUT2D eigenvalue weighted by atomic mass is 35.5. The number of aromatic nitrogens is 3. The Hall–Kier alpha value is -2.84. The fourth-order valence-electron chi connectivity index (χ4n) is 2.70. The number of aryl methyl sites for hydroxylation is 2. The second kappa shape index (κ2) is 6.96. The van der Waals surface area contributed by atoms with Crippen molar-refractivity contribution in [3.63, 3.8) is 0 Å². The van der Waals surface area contributed by atoms with Gasteiger partial charge in [0.05, 0.1) is 16.4 Å². The van der Waals surface area contributed by atoms with Crippen LogP contribution in [0.1, 0.15) is 35.6 Å². The second-order valence-electron chi connectivity index (χ2n) is 5.94. The fourth-order valence-corrected chi connectivity index (χ4v) is 2.85. The number of nitrogens with zero attached hydrogens (tertiary/aromatic N) is 4. The molecule has 5 nitrogen and oxygen atoms in total. The van der Waals surface area contributed by atoms with Crippen LogP contribution in [0.5, 0.6) is 0 Å². The molecule has 0 saturated heterocycles. The molecule has 2 heterocycles. The van der Waals surface area contributed by atoms with E-state index >= 15 is 0 Å². The molecular weight excluding hydrogens is 334 g/mol. The van der Waals surface area contributed by atoms with Crippen LogP contribution in [0.2, 0.25) is 5.02 Å². The molecule has 3 aromatic rings. The topological polar surface area (TPSA) is 66.5 Å². The van der Waals surface area contributed by atoms with Crippen LogP contribution in [0.3, 0.4) is 0 Å². The average molecular weight is 352 g/mol. The SMILES string of the molecule is Cc1cc(C)n(-c2ccc(C(C)Nc3ccc(Cl)c(C#N)n3)cc2)n1. The predicted molar refractivity (Wildman–Crippen MR) is 99.0 cm³/mol. The van der Waals surface area contributed by atoms with Gasteiger partial charge in [-0.15, -0.1) is 0 Å². The number of nitrogens with one attached hydrogen (secondary N) is 1. The molecule has 3 rings (SSSR count). The summed E-state index contributed by atoms with van der Waals surface area (Å²) in [5.41, 5.74) is 4.46. The van der Waals surface area contributed by atoms with E-state index in [4.69, 9.17) is 16.9 Å². The first-order chi connectivity index (χ1) is 12.0. The van der Waals surface area contributed by atoms with Crippen molar-refractivity contribution in [3.05, 3.63) is 70.1 Å². The van der Waals surface area contributed by atoms with E-state index in [0.29, 0.717) is 10.8 Å². The van der Waals surface area contributed by atoms with Crippen LogP contribution in [0.15, 0.2) is 42.5 Å². The highest BCUT2D eigenvalue weighted by Gasteiger charge is 2.10. The lowest BCUT2D eigenvalue weighted by Crippen LogP contribution is -2.09. The first-order valence-electron chi connectivity index (χ1n) is 7.94. The van der Waals surface area contributed by atoms with E-state index < -0.39 is 0 Å². The van der Waals surface area contributed by atoms with Crippen LogP contribution in [0.4, 0.5) is 5.82 Å². The number of pyridine rings is 1. The quantitative estimate of drug-likeness (QED) is 0.747. The van der Waals surface area contributed by atoms with Gasteiger partial charge in [0.2, 0.25) is 0 Å². The molecule has 0 amide bonds. The lowest BCUT2D eigenvalue weighted by Gasteiger charge is -2.16. The molecule has 0 aliphatic rings. The van der Waals surface area contributed by atoms with Crippen molar-refractivity contribution in [1.29, 1.82) is 5.26 Å². The molecule has 25 heavy (non-hydrogen) atoms. The number of anilines is 1. The highest BCUT2D eigenvalue weighted by Crippen LogP contribution is 2.22. The van der Waals surface area contributed by atoms with Crippen LogP contribution in [-0.2, 0) is 0 Å². The van der Waals surface area contributed by atoms with Crippen LogP contribution in [-0.4, -0.2) is 14.8 Å². The Kier molecular flexibility index (Phi) is 4.73. The van der Waals surface area contributed by atoms with Gasteiger partial charge in [0.1, 0.15) is 11.9 Å². The Balaban J connectivity index is 1.78. The molecule has 1 aromatic carbocycles. The average Bonchev–Trinajstić information content (AvgIpc) is 2.95. The molecule has 1 unspecified atom stereocenters. The summed E-state index contributed by atoms with van der Waals surface area (Å²) in [6.45, 7) is 6.07. The van der Waals surface area contributed by atoms with Gasteiger partial charge in [-0.3, -0.25) is 0 Å². The standard InChI is InChI=1S/C19H18ClN5/c1-12-10-13(2)25(24-12)16-6-4-15(5-7-16)14(3)22-19-9-8-17(20)18(11-21)23-19/h4-10,14H,1-3H3,(H,22,23). The van der Waals surface area contributed by atoms with E-state index in [2.05, 4.69) is 33.6 Å². The molecule has 0 aliphatic carbocycles. The number of hydrogen-bond donors (Lipinski definition) is 1. The summed E-state index contributed by atoms with van der Waals surface area (Å²) >= 11 is 5.92. The van der Waals surface area contributed by atoms with Gasteiger partial charge in [-0.1, -0.05) is 23.7 Å². The van der Waals surface area contributed by atoms with E-state index in [1.54, 1.807) is 12.1 Å². The maximum absolute atomic E-state index is 9.02. The molecular formula is C19H18ClN5. The molecule has 2 aromatic heterocycles. The van der Waals surface area contributed by atoms with E-state index in [1.807, 2.05) is 43.7 Å². The summed E-state index contributed by atoms with van der Waals surface area (Å²) < 4.78 is 1.93. The van der Waals surface area contributed by atoms with E-state index in [9.17, 15) is 0 Å². The maximum Gasteiger partial charge on any atom is 0.161 e. The number of nitriles is 1. The third kappa shape index (κ3) is 3.65. The van der Waals surface area contributed by atoms with Gasteiger partial charge in [-0.2, -0.15) is 10.4 Å². The van der Waals surface area contributed by atoms with Gasteiger partial charge >= 0.3 is 0 Å². The van der Waals surface area contributed by atoms with Gasteiger partial charge in [-0.25, -0.2) is 9.67 Å². The van der Waals surface area contributed by atoms with E-state index in [-0.39, 0.29) is 11.7 Å². The first kappa shape index (κ1) is 17.0. The minimum atomic E-state index is 0.0368. The van der Waals surface area contributed by atoms with Crippen molar-refractivity contribution in [1.82, 2.24) is 14.8 Å². The van der Waals surface area contributed by atoms with Crippen molar-refractivity contribution < 1.29 is 0 Å². The van der Waals surface area contributed by atoms with Crippen molar-refractivity contribution in [2.24, 2.45) is 0 Å². The fraction of sp³-hybridized carbons (Fsp3) is 0.211. The van der Waals surface area contributed by atoms with Gasteiger partial charge in [-0.05, 0) is 56.7 Å². The smallest absolute Gasteiger partial charge is 0.161 e. The third-order valence-corrected chi connectivity index (χ3v) is 4.27. The molecule has 126 valence electrons. The summed E-state index contributed by atoms with van der Waals surface area (Å²) in [5, 5.41) is 17.2. The zero-order chi connectivity index (χ0) is 18.0. The minimum Gasteiger partial charge on any atom is -0.364 e. The Labute approximate surface area is 151 Å².